The van der Waals surface area contributed by atoms with E-state index < -0.39 is 12.0 Å². The van der Waals surface area contributed by atoms with Crippen LogP contribution in [0.2, 0.25) is 0 Å². The highest BCUT2D eigenvalue weighted by Gasteiger charge is 2.27. The van der Waals surface area contributed by atoms with Gasteiger partial charge in [0.2, 0.25) is 5.95 Å². The van der Waals surface area contributed by atoms with Crippen LogP contribution in [0.1, 0.15) is 46.1 Å². The van der Waals surface area contributed by atoms with Gasteiger partial charge in [0.25, 0.3) is 5.91 Å². The minimum atomic E-state index is -1.05. The average molecular weight is 619 g/mol. The van der Waals surface area contributed by atoms with Gasteiger partial charge in [0.05, 0.1) is 23.9 Å². The largest absolute Gasteiger partial charge is 0.497 e. The Balaban J connectivity index is 1.98. The lowest BCUT2D eigenvalue weighted by Crippen LogP contribution is -2.36. The molecule has 3 rings (SSSR count). The molecule has 2 aromatic rings. The van der Waals surface area contributed by atoms with Crippen LogP contribution in [0, 0.1) is 0 Å². The fraction of sp³-hybridized carbons (Fsp3) is 0.364. The highest BCUT2D eigenvalue weighted by Crippen LogP contribution is 2.33. The van der Waals surface area contributed by atoms with Crippen LogP contribution in [0.4, 0.5) is 17.5 Å². The summed E-state index contributed by atoms with van der Waals surface area (Å²) in [6, 6.07) is 6.22. The normalized spacial score (nSPS) is 13.5. The number of methoxy groups -OCH3 is 1. The molecule has 0 aliphatic carbocycles. The smallest absolute Gasteiger partial charge is 0.326 e. The van der Waals surface area contributed by atoms with E-state index in [4.69, 9.17) is 9.72 Å². The Bertz CT molecular complexity index is 1430. The fourth-order valence-corrected chi connectivity index (χ4v) is 5.34. The van der Waals surface area contributed by atoms with Crippen LogP contribution < -0.4 is 19.9 Å². The number of nitrogens with one attached hydrogen (secondary N) is 1. The molecule has 1 aliphatic rings. The number of ether oxygens (including phenoxy) is 1. The van der Waals surface area contributed by atoms with E-state index in [1.165, 1.54) is 11.8 Å². The standard InChI is InChI=1S/C33H42N6O4S/c1-7-20-38(9-3)33-35-22-28(30(37-33)36-27(32(41)42)21-24-15-17-25(43-6)18-16-24)39(10-4)31(40)29(8-2)44-23(5)26-14-12-11-13-19-34-26/h8,11-13,15-19,22,27H,5,7,9-10,14,20-21H2,1-4,6H3,(H,41,42)(H,35,36,37)/b29-8-. The Morgan fingerprint density at radius 1 is 1.18 bits per heavy atom. The molecule has 234 valence electrons. The number of likely N-dealkylation sites (N-methyl/N-ethyl adjacent to an activating group) is 1. The van der Waals surface area contributed by atoms with Crippen molar-refractivity contribution >= 4 is 46.8 Å². The number of hydrogen-bond donors (Lipinski definition) is 2. The summed E-state index contributed by atoms with van der Waals surface area (Å²) in [5, 5.41) is 13.3. The predicted octanol–water partition coefficient (Wildman–Crippen LogP) is 6.25. The van der Waals surface area contributed by atoms with E-state index in [1.807, 2.05) is 49.1 Å². The number of anilines is 3. The van der Waals surface area contributed by atoms with E-state index in [2.05, 4.69) is 28.8 Å². The van der Waals surface area contributed by atoms with Crippen LogP contribution in [0.25, 0.3) is 0 Å². The van der Waals surface area contributed by atoms with Crippen molar-refractivity contribution < 1.29 is 19.4 Å². The summed E-state index contributed by atoms with van der Waals surface area (Å²) in [7, 11) is 1.58. The van der Waals surface area contributed by atoms with Crippen molar-refractivity contribution in [2.75, 3.05) is 41.9 Å². The highest BCUT2D eigenvalue weighted by molar-refractivity contribution is 8.08. The van der Waals surface area contributed by atoms with Gasteiger partial charge in [-0.05, 0) is 51.0 Å². The first-order chi connectivity index (χ1) is 21.3. The van der Waals surface area contributed by atoms with E-state index in [-0.39, 0.29) is 18.1 Å². The summed E-state index contributed by atoms with van der Waals surface area (Å²) >= 11 is 1.26. The lowest BCUT2D eigenvalue weighted by atomic mass is 10.1. The number of carboxylic acid groups (broad SMARTS) is 1. The SMILES string of the molecule is C=C(S/C(=C\C)C(=O)N(CC)c1cnc(N(CC)CCC)nc1NC(Cc1ccc(OC)cc1)C(=O)O)C1=NC=CC=CC1. The number of carbonyl (C=O) groups is 2. The van der Waals surface area contributed by atoms with Crippen LogP contribution in [0.15, 0.2) is 82.3 Å². The molecule has 0 saturated heterocycles. The summed E-state index contributed by atoms with van der Waals surface area (Å²) in [6.45, 7) is 13.6. The Morgan fingerprint density at radius 3 is 2.55 bits per heavy atom. The Hall–Kier alpha value is -4.38. The molecule has 1 aromatic heterocycles. The molecule has 0 saturated carbocycles. The minimum absolute atomic E-state index is 0.186. The van der Waals surface area contributed by atoms with Gasteiger partial charge >= 0.3 is 5.97 Å². The van der Waals surface area contributed by atoms with Crippen molar-refractivity contribution in [3.05, 3.63) is 82.9 Å². The topological polar surface area (TPSA) is 120 Å². The molecule has 1 amide bonds. The van der Waals surface area contributed by atoms with Crippen molar-refractivity contribution in [2.45, 2.75) is 53.0 Å². The zero-order valence-electron chi connectivity index (χ0n) is 26.1. The molecule has 11 heteroatoms. The van der Waals surface area contributed by atoms with E-state index in [0.717, 1.165) is 24.2 Å². The van der Waals surface area contributed by atoms with Crippen LogP contribution in [-0.4, -0.2) is 65.4 Å². The van der Waals surface area contributed by atoms with Gasteiger partial charge in [-0.15, -0.1) is 0 Å². The molecule has 0 spiro atoms. The van der Waals surface area contributed by atoms with Gasteiger partial charge in [-0.1, -0.05) is 55.6 Å². The number of carbonyl (C=O) groups excluding carboxylic acids is 1. The van der Waals surface area contributed by atoms with E-state index in [1.54, 1.807) is 49.5 Å². The molecule has 1 atom stereocenters. The van der Waals surface area contributed by atoms with Crippen molar-refractivity contribution in [1.82, 2.24) is 9.97 Å². The number of aromatic nitrogens is 2. The first-order valence-electron chi connectivity index (χ1n) is 14.7. The summed E-state index contributed by atoms with van der Waals surface area (Å²) in [4.78, 5) is 45.0. The molecule has 1 unspecified atom stereocenters. The lowest BCUT2D eigenvalue weighted by molar-refractivity contribution is -0.137. The Labute approximate surface area is 264 Å². The third-order valence-electron chi connectivity index (χ3n) is 6.88. The molecule has 44 heavy (non-hydrogen) atoms. The van der Waals surface area contributed by atoms with Crippen molar-refractivity contribution in [3.8, 4) is 5.75 Å². The minimum Gasteiger partial charge on any atom is -0.497 e. The number of rotatable bonds is 16. The quantitative estimate of drug-likeness (QED) is 0.210. The molecule has 2 heterocycles. The summed E-state index contributed by atoms with van der Waals surface area (Å²) in [6.07, 6.45) is 12.5. The molecular weight excluding hydrogens is 576 g/mol. The van der Waals surface area contributed by atoms with Gasteiger partial charge in [-0.25, -0.2) is 9.78 Å². The molecule has 0 radical (unpaired) electrons. The van der Waals surface area contributed by atoms with E-state index in [9.17, 15) is 14.7 Å². The second-order valence-corrected chi connectivity index (χ2v) is 11.0. The van der Waals surface area contributed by atoms with E-state index >= 15 is 0 Å². The van der Waals surface area contributed by atoms with Crippen molar-refractivity contribution in [3.63, 3.8) is 0 Å². The van der Waals surface area contributed by atoms with Crippen molar-refractivity contribution in [1.29, 1.82) is 0 Å². The number of aliphatic carboxylic acids is 1. The molecule has 1 aliphatic heterocycles. The molecule has 2 N–H and O–H groups in total. The summed E-state index contributed by atoms with van der Waals surface area (Å²) in [5.74, 6) is 0.0881. The van der Waals surface area contributed by atoms with Gasteiger partial charge in [0, 0.05) is 43.6 Å². The molecule has 0 bridgehead atoms. The Kier molecular flexibility index (Phi) is 13.2. The van der Waals surface area contributed by atoms with Gasteiger partial charge in [-0.3, -0.25) is 9.79 Å². The monoisotopic (exact) mass is 618 g/mol. The van der Waals surface area contributed by atoms with Crippen LogP contribution in [0.3, 0.4) is 0 Å². The number of amides is 1. The second-order valence-electron chi connectivity index (χ2n) is 9.85. The molecule has 10 nitrogen and oxygen atoms in total. The number of carboxylic acids is 1. The third-order valence-corrected chi connectivity index (χ3v) is 7.99. The predicted molar refractivity (Wildman–Crippen MR) is 181 cm³/mol. The maximum absolute atomic E-state index is 14.0. The first-order valence-corrected chi connectivity index (χ1v) is 15.6. The van der Waals surface area contributed by atoms with Crippen LogP contribution in [0.5, 0.6) is 5.75 Å². The third kappa shape index (κ3) is 9.06. The van der Waals surface area contributed by atoms with Crippen LogP contribution >= 0.6 is 11.8 Å². The molecule has 1 aromatic carbocycles. The summed E-state index contributed by atoms with van der Waals surface area (Å²) < 4.78 is 5.24. The zero-order chi connectivity index (χ0) is 32.1. The zero-order valence-corrected chi connectivity index (χ0v) is 26.9. The number of aliphatic imine (C=N–C) groups is 1. The average Bonchev–Trinajstić information content (AvgIpc) is 3.33. The second kappa shape index (κ2) is 17.0. The fourth-order valence-electron chi connectivity index (χ4n) is 4.51. The number of hydrogen-bond acceptors (Lipinski definition) is 9. The lowest BCUT2D eigenvalue weighted by Gasteiger charge is -2.28. The number of thioether (sulfide) groups is 1. The number of allylic oxidation sites excluding steroid dienone is 5. The van der Waals surface area contributed by atoms with Gasteiger partial charge in [0.15, 0.2) is 5.82 Å². The number of benzene rings is 1. The highest BCUT2D eigenvalue weighted by atomic mass is 32.2. The molecular formula is C33H42N6O4S. The maximum Gasteiger partial charge on any atom is 0.326 e. The molecule has 0 fully saturated rings. The maximum atomic E-state index is 14.0. The van der Waals surface area contributed by atoms with E-state index in [0.29, 0.717) is 46.7 Å². The van der Waals surface area contributed by atoms with Gasteiger partial charge < -0.3 is 25.0 Å². The first kappa shape index (κ1) is 34.1. The van der Waals surface area contributed by atoms with Crippen molar-refractivity contribution in [2.24, 2.45) is 4.99 Å². The van der Waals surface area contributed by atoms with Gasteiger partial charge in [-0.2, -0.15) is 4.98 Å². The number of nitrogens with zero attached hydrogens (tertiary/aromatic N) is 5. The summed E-state index contributed by atoms with van der Waals surface area (Å²) in [5.41, 5.74) is 1.98. The van der Waals surface area contributed by atoms with Crippen LogP contribution in [-0.2, 0) is 16.0 Å². The van der Waals surface area contributed by atoms with Gasteiger partial charge in [0.1, 0.15) is 17.5 Å². The Morgan fingerprint density at radius 2 is 1.93 bits per heavy atom.